The topological polar surface area (TPSA) is 0 Å². The van der Waals surface area contributed by atoms with Crippen molar-refractivity contribution < 1.29 is 8.78 Å². The highest BCUT2D eigenvalue weighted by molar-refractivity contribution is 9.10. The third-order valence-corrected chi connectivity index (χ3v) is 4.30. The molecule has 0 aliphatic rings. The molecule has 1 atom stereocenters. The normalized spacial score (nSPS) is 12.6. The lowest BCUT2D eigenvalue weighted by Gasteiger charge is -2.15. The van der Waals surface area contributed by atoms with Gasteiger partial charge in [0, 0.05) is 10.0 Å². The minimum Gasteiger partial charge on any atom is -0.206 e. The van der Waals surface area contributed by atoms with E-state index in [1.807, 2.05) is 36.4 Å². The van der Waals surface area contributed by atoms with Crippen molar-refractivity contribution in [3.8, 4) is 0 Å². The molecule has 0 aliphatic heterocycles. The van der Waals surface area contributed by atoms with Crippen LogP contribution >= 0.6 is 27.5 Å². The molecule has 21 heavy (non-hydrogen) atoms. The van der Waals surface area contributed by atoms with Crippen molar-refractivity contribution in [2.75, 3.05) is 0 Å². The molecule has 0 radical (unpaired) electrons. The van der Waals surface area contributed by atoms with Gasteiger partial charge in [0.15, 0.2) is 0 Å². The van der Waals surface area contributed by atoms with Gasteiger partial charge in [-0.25, -0.2) is 8.78 Å². The van der Waals surface area contributed by atoms with Crippen molar-refractivity contribution in [2.24, 2.45) is 0 Å². The van der Waals surface area contributed by atoms with Crippen molar-refractivity contribution >= 4 is 38.3 Å². The van der Waals surface area contributed by atoms with Gasteiger partial charge in [0.25, 0.3) is 0 Å². The van der Waals surface area contributed by atoms with Crippen LogP contribution in [0.15, 0.2) is 59.1 Å². The lowest BCUT2D eigenvalue weighted by molar-refractivity contribution is 0.558. The van der Waals surface area contributed by atoms with Crippen molar-refractivity contribution in [2.45, 2.75) is 5.38 Å². The van der Waals surface area contributed by atoms with Gasteiger partial charge in [-0.3, -0.25) is 0 Å². The Kier molecular flexibility index (Phi) is 3.96. The predicted molar refractivity (Wildman–Crippen MR) is 85.7 cm³/mol. The molecule has 0 saturated heterocycles. The molecule has 4 heteroatoms. The molecule has 0 aliphatic carbocycles. The summed E-state index contributed by atoms with van der Waals surface area (Å²) < 4.78 is 28.5. The second kappa shape index (κ2) is 5.74. The van der Waals surface area contributed by atoms with Gasteiger partial charge in [0.1, 0.15) is 11.6 Å². The zero-order valence-electron chi connectivity index (χ0n) is 10.8. The first-order valence-corrected chi connectivity index (χ1v) is 7.57. The Morgan fingerprint density at radius 1 is 0.905 bits per heavy atom. The van der Waals surface area contributed by atoms with Gasteiger partial charge < -0.3 is 0 Å². The summed E-state index contributed by atoms with van der Waals surface area (Å²) >= 11 is 9.45. The van der Waals surface area contributed by atoms with Crippen molar-refractivity contribution in [1.29, 1.82) is 0 Å². The fraction of sp³-hybridized carbons (Fsp3) is 0.0588. The number of rotatable bonds is 2. The van der Waals surface area contributed by atoms with Crippen LogP contribution in [0, 0.1) is 11.6 Å². The summed E-state index contributed by atoms with van der Waals surface area (Å²) in [6.45, 7) is 0. The largest absolute Gasteiger partial charge is 0.206 e. The molecule has 0 bridgehead atoms. The van der Waals surface area contributed by atoms with E-state index in [2.05, 4.69) is 15.9 Å². The first-order chi connectivity index (χ1) is 10.1. The van der Waals surface area contributed by atoms with Gasteiger partial charge in [-0.1, -0.05) is 58.4 Å². The Balaban J connectivity index is 2.20. The van der Waals surface area contributed by atoms with Crippen LogP contribution in [0.25, 0.3) is 10.8 Å². The number of alkyl halides is 1. The molecule has 0 saturated carbocycles. The van der Waals surface area contributed by atoms with Crippen LogP contribution in [-0.2, 0) is 0 Å². The van der Waals surface area contributed by atoms with E-state index in [1.54, 1.807) is 6.07 Å². The summed E-state index contributed by atoms with van der Waals surface area (Å²) in [5, 5.41) is 0.990. The Morgan fingerprint density at radius 3 is 2.24 bits per heavy atom. The van der Waals surface area contributed by atoms with E-state index in [-0.39, 0.29) is 5.56 Å². The van der Waals surface area contributed by atoms with E-state index in [1.165, 1.54) is 12.1 Å². The zero-order valence-corrected chi connectivity index (χ0v) is 13.1. The second-order valence-corrected chi connectivity index (χ2v) is 6.07. The molecule has 0 aromatic heterocycles. The molecule has 106 valence electrons. The third-order valence-electron chi connectivity index (χ3n) is 3.39. The third kappa shape index (κ3) is 2.68. The summed E-state index contributed by atoms with van der Waals surface area (Å²) in [5.74, 6) is -1.32. The molecule has 0 nitrogen and oxygen atoms in total. The second-order valence-electron chi connectivity index (χ2n) is 4.71. The van der Waals surface area contributed by atoms with Crippen LogP contribution in [-0.4, -0.2) is 0 Å². The average Bonchev–Trinajstić information content (AvgIpc) is 2.45. The molecule has 0 N–H and O–H groups in total. The van der Waals surface area contributed by atoms with E-state index in [0.717, 1.165) is 10.8 Å². The molecular formula is C17H10BrClF2. The molecule has 0 spiro atoms. The minimum atomic E-state index is -0.885. The van der Waals surface area contributed by atoms with Crippen LogP contribution in [0.5, 0.6) is 0 Å². The number of benzene rings is 3. The lowest BCUT2D eigenvalue weighted by Crippen LogP contribution is -2.02. The van der Waals surface area contributed by atoms with Gasteiger partial charge in [-0.15, -0.1) is 11.6 Å². The van der Waals surface area contributed by atoms with Gasteiger partial charge in [0.2, 0.25) is 0 Å². The van der Waals surface area contributed by atoms with Gasteiger partial charge in [-0.05, 0) is 28.5 Å². The SMILES string of the molecule is Fc1cc(Br)cc(F)c1C(Cl)c1cccc2ccccc12. The quantitative estimate of drug-likeness (QED) is 0.472. The number of hydrogen-bond acceptors (Lipinski definition) is 0. The zero-order chi connectivity index (χ0) is 15.0. The molecular weight excluding hydrogens is 358 g/mol. The van der Waals surface area contributed by atoms with Crippen molar-refractivity contribution in [3.63, 3.8) is 0 Å². The summed E-state index contributed by atoms with van der Waals surface area (Å²) in [4.78, 5) is 0. The Bertz CT molecular complexity index is 788. The monoisotopic (exact) mass is 366 g/mol. The molecule has 0 heterocycles. The van der Waals surface area contributed by atoms with Crippen molar-refractivity contribution in [3.05, 3.63) is 81.8 Å². The smallest absolute Gasteiger partial charge is 0.132 e. The van der Waals surface area contributed by atoms with E-state index in [4.69, 9.17) is 11.6 Å². The van der Waals surface area contributed by atoms with Crippen LogP contribution in [0.1, 0.15) is 16.5 Å². The van der Waals surface area contributed by atoms with Crippen LogP contribution in [0.3, 0.4) is 0 Å². The van der Waals surface area contributed by atoms with Gasteiger partial charge in [-0.2, -0.15) is 0 Å². The van der Waals surface area contributed by atoms with Gasteiger partial charge in [0.05, 0.1) is 5.38 Å². The fourth-order valence-electron chi connectivity index (χ4n) is 2.42. The summed E-state index contributed by atoms with van der Waals surface area (Å²) in [7, 11) is 0. The van der Waals surface area contributed by atoms with Crippen molar-refractivity contribution in [1.82, 2.24) is 0 Å². The predicted octanol–water partition coefficient (Wildman–Crippen LogP) is 6.21. The molecule has 3 rings (SSSR count). The Labute approximate surface area is 134 Å². The highest BCUT2D eigenvalue weighted by Gasteiger charge is 2.22. The maximum absolute atomic E-state index is 14.1. The average molecular weight is 368 g/mol. The molecule has 3 aromatic rings. The first kappa shape index (κ1) is 14.5. The highest BCUT2D eigenvalue weighted by Crippen LogP contribution is 2.37. The molecule has 3 aromatic carbocycles. The first-order valence-electron chi connectivity index (χ1n) is 6.34. The van der Waals surface area contributed by atoms with Gasteiger partial charge >= 0.3 is 0 Å². The molecule has 1 unspecified atom stereocenters. The maximum Gasteiger partial charge on any atom is 0.132 e. The van der Waals surface area contributed by atoms with E-state index < -0.39 is 17.0 Å². The number of halogens is 4. The van der Waals surface area contributed by atoms with E-state index >= 15 is 0 Å². The fourth-order valence-corrected chi connectivity index (χ4v) is 3.22. The summed E-state index contributed by atoms with van der Waals surface area (Å²) in [6.07, 6.45) is 0. The molecule has 0 amide bonds. The summed E-state index contributed by atoms with van der Waals surface area (Å²) in [6, 6.07) is 15.6. The number of hydrogen-bond donors (Lipinski definition) is 0. The Hall–Kier alpha value is -1.45. The van der Waals surface area contributed by atoms with Crippen LogP contribution in [0.2, 0.25) is 0 Å². The minimum absolute atomic E-state index is 0.129. The standard InChI is InChI=1S/C17H10BrClF2/c18-11-8-14(20)16(15(21)9-11)17(19)13-7-3-5-10-4-1-2-6-12(10)13/h1-9,17H. The van der Waals surface area contributed by atoms with E-state index in [0.29, 0.717) is 10.0 Å². The highest BCUT2D eigenvalue weighted by atomic mass is 79.9. The Morgan fingerprint density at radius 2 is 1.52 bits per heavy atom. The number of fused-ring (bicyclic) bond motifs is 1. The molecule has 0 fully saturated rings. The van der Waals surface area contributed by atoms with Crippen LogP contribution < -0.4 is 0 Å². The lowest BCUT2D eigenvalue weighted by atomic mass is 9.97. The van der Waals surface area contributed by atoms with Crippen LogP contribution in [0.4, 0.5) is 8.78 Å². The van der Waals surface area contributed by atoms with E-state index in [9.17, 15) is 8.78 Å². The summed E-state index contributed by atoms with van der Waals surface area (Å²) in [5.41, 5.74) is 0.561. The maximum atomic E-state index is 14.1.